The summed E-state index contributed by atoms with van der Waals surface area (Å²) in [5.74, 6) is 1.32. The second kappa shape index (κ2) is 6.34. The molecule has 1 aromatic carbocycles. The van der Waals surface area contributed by atoms with Crippen molar-refractivity contribution in [2.24, 2.45) is 11.1 Å². The van der Waals surface area contributed by atoms with Gasteiger partial charge in [-0.2, -0.15) is 5.26 Å². The minimum atomic E-state index is 0.0272. The third kappa shape index (κ3) is 3.36. The average Bonchev–Trinajstić information content (AvgIpc) is 3.18. The molecule has 1 aliphatic rings. The SMILES string of the molecule is COc1cc(Cl)cc(CCN)c1OCC1(CC#N)CC1. The smallest absolute Gasteiger partial charge is 0.164 e. The average molecular weight is 295 g/mol. The lowest BCUT2D eigenvalue weighted by Gasteiger charge is -2.18. The zero-order chi connectivity index (χ0) is 14.6. The van der Waals surface area contributed by atoms with E-state index in [0.29, 0.717) is 42.5 Å². The molecule has 0 radical (unpaired) electrons. The maximum atomic E-state index is 8.85. The third-order valence-corrected chi connectivity index (χ3v) is 3.88. The summed E-state index contributed by atoms with van der Waals surface area (Å²) in [5.41, 5.74) is 6.61. The van der Waals surface area contributed by atoms with Crippen molar-refractivity contribution in [2.75, 3.05) is 20.3 Å². The lowest BCUT2D eigenvalue weighted by atomic mass is 10.1. The normalized spacial score (nSPS) is 15.5. The van der Waals surface area contributed by atoms with Crippen LogP contribution in [0, 0.1) is 16.7 Å². The highest BCUT2D eigenvalue weighted by atomic mass is 35.5. The Labute approximate surface area is 124 Å². The number of benzene rings is 1. The van der Waals surface area contributed by atoms with Crippen molar-refractivity contribution in [1.82, 2.24) is 0 Å². The van der Waals surface area contributed by atoms with Gasteiger partial charge < -0.3 is 15.2 Å². The van der Waals surface area contributed by atoms with Crippen LogP contribution in [0.3, 0.4) is 0 Å². The van der Waals surface area contributed by atoms with Crippen molar-refractivity contribution in [3.8, 4) is 17.6 Å². The largest absolute Gasteiger partial charge is 0.493 e. The summed E-state index contributed by atoms with van der Waals surface area (Å²) in [6.07, 6.45) is 3.30. The molecular weight excluding hydrogens is 276 g/mol. The van der Waals surface area contributed by atoms with Gasteiger partial charge in [-0.05, 0) is 31.9 Å². The van der Waals surface area contributed by atoms with E-state index in [0.717, 1.165) is 18.4 Å². The van der Waals surface area contributed by atoms with Crippen molar-refractivity contribution in [3.63, 3.8) is 0 Å². The summed E-state index contributed by atoms with van der Waals surface area (Å²) in [6, 6.07) is 5.83. The van der Waals surface area contributed by atoms with Crippen LogP contribution in [0.15, 0.2) is 12.1 Å². The molecule has 0 aromatic heterocycles. The van der Waals surface area contributed by atoms with Crippen molar-refractivity contribution >= 4 is 11.6 Å². The van der Waals surface area contributed by atoms with Gasteiger partial charge in [-0.25, -0.2) is 0 Å². The molecule has 1 fully saturated rings. The van der Waals surface area contributed by atoms with Crippen molar-refractivity contribution < 1.29 is 9.47 Å². The van der Waals surface area contributed by atoms with E-state index < -0.39 is 0 Å². The summed E-state index contributed by atoms with van der Waals surface area (Å²) in [4.78, 5) is 0. The van der Waals surface area contributed by atoms with Crippen LogP contribution in [0.1, 0.15) is 24.8 Å². The van der Waals surface area contributed by atoms with Crippen molar-refractivity contribution in [3.05, 3.63) is 22.7 Å². The molecule has 0 unspecified atom stereocenters. The topological polar surface area (TPSA) is 68.3 Å². The molecule has 1 aromatic rings. The Morgan fingerprint density at radius 1 is 1.45 bits per heavy atom. The first-order valence-corrected chi connectivity index (χ1v) is 7.08. The van der Waals surface area contributed by atoms with E-state index in [1.54, 1.807) is 13.2 Å². The first kappa shape index (κ1) is 15.0. The van der Waals surface area contributed by atoms with Crippen LogP contribution in [-0.4, -0.2) is 20.3 Å². The van der Waals surface area contributed by atoms with Crippen molar-refractivity contribution in [2.45, 2.75) is 25.7 Å². The Bertz CT molecular complexity index is 521. The molecule has 2 rings (SSSR count). The van der Waals surface area contributed by atoms with Crippen LogP contribution in [0.25, 0.3) is 0 Å². The molecular formula is C15H19ClN2O2. The minimum Gasteiger partial charge on any atom is -0.493 e. The Morgan fingerprint density at radius 2 is 2.20 bits per heavy atom. The van der Waals surface area contributed by atoms with Gasteiger partial charge in [-0.15, -0.1) is 0 Å². The second-order valence-electron chi connectivity index (χ2n) is 5.26. The van der Waals surface area contributed by atoms with E-state index in [-0.39, 0.29) is 5.41 Å². The fourth-order valence-corrected chi connectivity index (χ4v) is 2.45. The van der Waals surface area contributed by atoms with E-state index in [4.69, 9.17) is 32.1 Å². The first-order valence-electron chi connectivity index (χ1n) is 6.70. The molecule has 2 N–H and O–H groups in total. The van der Waals surface area contributed by atoms with Crippen LogP contribution >= 0.6 is 11.6 Å². The molecule has 4 nitrogen and oxygen atoms in total. The van der Waals surface area contributed by atoms with E-state index >= 15 is 0 Å². The molecule has 108 valence electrons. The molecule has 0 heterocycles. The summed E-state index contributed by atoms with van der Waals surface area (Å²) in [6.45, 7) is 1.05. The second-order valence-corrected chi connectivity index (χ2v) is 5.69. The van der Waals surface area contributed by atoms with Gasteiger partial charge in [0.15, 0.2) is 11.5 Å². The molecule has 1 saturated carbocycles. The number of rotatable bonds is 7. The summed E-state index contributed by atoms with van der Waals surface area (Å²) in [5, 5.41) is 9.46. The van der Waals surface area contributed by atoms with Gasteiger partial charge in [0.1, 0.15) is 0 Å². The lowest BCUT2D eigenvalue weighted by molar-refractivity contribution is 0.225. The molecule has 0 spiro atoms. The highest BCUT2D eigenvalue weighted by Crippen LogP contribution is 2.49. The number of nitriles is 1. The molecule has 20 heavy (non-hydrogen) atoms. The number of hydrogen-bond acceptors (Lipinski definition) is 4. The molecule has 1 aliphatic carbocycles. The minimum absolute atomic E-state index is 0.0272. The number of nitrogens with two attached hydrogens (primary N) is 1. The molecule has 0 saturated heterocycles. The van der Waals surface area contributed by atoms with Crippen molar-refractivity contribution in [1.29, 1.82) is 5.26 Å². The third-order valence-electron chi connectivity index (χ3n) is 3.66. The molecule has 5 heteroatoms. The molecule has 0 bridgehead atoms. The zero-order valence-corrected chi connectivity index (χ0v) is 12.4. The maximum Gasteiger partial charge on any atom is 0.164 e. The van der Waals surface area contributed by atoms with E-state index in [1.165, 1.54) is 0 Å². The number of halogens is 1. The van der Waals surface area contributed by atoms with Crippen LogP contribution < -0.4 is 15.2 Å². The monoisotopic (exact) mass is 294 g/mol. The van der Waals surface area contributed by atoms with Gasteiger partial charge in [-0.3, -0.25) is 0 Å². The van der Waals surface area contributed by atoms with Gasteiger partial charge in [0.05, 0.1) is 19.8 Å². The number of methoxy groups -OCH3 is 1. The van der Waals surface area contributed by atoms with Gasteiger partial charge in [0, 0.05) is 28.5 Å². The molecule has 0 atom stereocenters. The van der Waals surface area contributed by atoms with Gasteiger partial charge >= 0.3 is 0 Å². The lowest BCUT2D eigenvalue weighted by Crippen LogP contribution is -2.14. The number of hydrogen-bond donors (Lipinski definition) is 1. The van der Waals surface area contributed by atoms with Gasteiger partial charge in [-0.1, -0.05) is 11.6 Å². The van der Waals surface area contributed by atoms with Gasteiger partial charge in [0.25, 0.3) is 0 Å². The maximum absolute atomic E-state index is 8.85. The standard InChI is InChI=1S/C15H19ClN2O2/c1-19-13-9-12(16)8-11(2-6-17)14(13)20-10-15(3-4-15)5-7-18/h8-9H,2-6,10,17H2,1H3. The Hall–Kier alpha value is -1.44. The van der Waals surface area contributed by atoms with E-state index in [2.05, 4.69) is 6.07 Å². The van der Waals surface area contributed by atoms with E-state index in [1.807, 2.05) is 6.07 Å². The quantitative estimate of drug-likeness (QED) is 0.839. The fraction of sp³-hybridized carbons (Fsp3) is 0.533. The Morgan fingerprint density at radius 3 is 2.75 bits per heavy atom. The van der Waals surface area contributed by atoms with Crippen LogP contribution in [0.5, 0.6) is 11.5 Å². The fourth-order valence-electron chi connectivity index (χ4n) is 2.22. The van der Waals surface area contributed by atoms with Crippen LogP contribution in [0.2, 0.25) is 5.02 Å². The molecule has 0 amide bonds. The zero-order valence-electron chi connectivity index (χ0n) is 11.6. The highest BCUT2D eigenvalue weighted by Gasteiger charge is 2.43. The van der Waals surface area contributed by atoms with Crippen LogP contribution in [-0.2, 0) is 6.42 Å². The first-order chi connectivity index (χ1) is 9.64. The predicted octanol–water partition coefficient (Wildman–Crippen LogP) is 2.92. The Balaban J connectivity index is 2.18. The number of ether oxygens (including phenoxy) is 2. The molecule has 0 aliphatic heterocycles. The predicted molar refractivity (Wildman–Crippen MR) is 78.2 cm³/mol. The summed E-state index contributed by atoms with van der Waals surface area (Å²) >= 11 is 6.07. The van der Waals surface area contributed by atoms with Crippen LogP contribution in [0.4, 0.5) is 0 Å². The summed E-state index contributed by atoms with van der Waals surface area (Å²) in [7, 11) is 1.59. The Kier molecular flexibility index (Phi) is 4.74. The van der Waals surface area contributed by atoms with Gasteiger partial charge in [0.2, 0.25) is 0 Å². The summed E-state index contributed by atoms with van der Waals surface area (Å²) < 4.78 is 11.3. The van der Waals surface area contributed by atoms with E-state index in [9.17, 15) is 0 Å². The highest BCUT2D eigenvalue weighted by molar-refractivity contribution is 6.30. The number of nitrogens with zero attached hydrogens (tertiary/aromatic N) is 1.